The summed E-state index contributed by atoms with van der Waals surface area (Å²) in [6.07, 6.45) is 0.387. The van der Waals surface area contributed by atoms with E-state index in [-0.39, 0.29) is 24.3 Å². The van der Waals surface area contributed by atoms with Gasteiger partial charge >= 0.3 is 0 Å². The van der Waals surface area contributed by atoms with E-state index >= 15 is 0 Å². The van der Waals surface area contributed by atoms with Crippen molar-refractivity contribution in [3.63, 3.8) is 0 Å². The molecule has 0 aliphatic rings. The molecule has 1 N–H and O–H groups in total. The zero-order chi connectivity index (χ0) is 16.1. The molecule has 0 saturated carbocycles. The third-order valence-corrected chi connectivity index (χ3v) is 4.64. The SMILES string of the molecule is CC(C)(C)CN(CCCO)S(=O)(=O)Cc1cccc(F)c1. The molecular weight excluding hydrogens is 293 g/mol. The lowest BCUT2D eigenvalue weighted by Gasteiger charge is -2.29. The third kappa shape index (κ3) is 6.54. The van der Waals surface area contributed by atoms with E-state index < -0.39 is 15.8 Å². The number of halogens is 1. The van der Waals surface area contributed by atoms with Gasteiger partial charge in [0.15, 0.2) is 0 Å². The summed E-state index contributed by atoms with van der Waals surface area (Å²) in [6, 6.07) is 5.62. The fourth-order valence-electron chi connectivity index (χ4n) is 2.02. The van der Waals surface area contributed by atoms with Gasteiger partial charge < -0.3 is 5.11 Å². The Morgan fingerprint density at radius 2 is 1.95 bits per heavy atom. The first-order valence-electron chi connectivity index (χ1n) is 6.97. The van der Waals surface area contributed by atoms with Gasteiger partial charge in [-0.2, -0.15) is 0 Å². The van der Waals surface area contributed by atoms with Crippen molar-refractivity contribution in [1.82, 2.24) is 4.31 Å². The van der Waals surface area contributed by atoms with Crippen LogP contribution in [0.1, 0.15) is 32.8 Å². The van der Waals surface area contributed by atoms with Crippen LogP contribution in [0.5, 0.6) is 0 Å². The van der Waals surface area contributed by atoms with Crippen molar-refractivity contribution < 1.29 is 17.9 Å². The van der Waals surface area contributed by atoms with Gasteiger partial charge in [0.2, 0.25) is 10.0 Å². The summed E-state index contributed by atoms with van der Waals surface area (Å²) < 4.78 is 39.6. The van der Waals surface area contributed by atoms with Crippen LogP contribution >= 0.6 is 0 Å². The molecule has 0 radical (unpaired) electrons. The van der Waals surface area contributed by atoms with Crippen LogP contribution in [0.2, 0.25) is 0 Å². The minimum Gasteiger partial charge on any atom is -0.396 e. The first-order chi connectivity index (χ1) is 9.64. The maximum absolute atomic E-state index is 13.2. The van der Waals surface area contributed by atoms with Gasteiger partial charge in [0.1, 0.15) is 5.82 Å². The fourth-order valence-corrected chi connectivity index (χ4v) is 3.80. The average Bonchev–Trinajstić information content (AvgIpc) is 2.32. The molecule has 0 aliphatic carbocycles. The van der Waals surface area contributed by atoms with Gasteiger partial charge in [0.05, 0.1) is 5.75 Å². The van der Waals surface area contributed by atoms with Crippen molar-refractivity contribution in [2.75, 3.05) is 19.7 Å². The van der Waals surface area contributed by atoms with Crippen LogP contribution in [0.4, 0.5) is 4.39 Å². The zero-order valence-corrected chi connectivity index (χ0v) is 13.7. The maximum Gasteiger partial charge on any atom is 0.218 e. The Balaban J connectivity index is 2.92. The molecule has 6 heteroatoms. The summed E-state index contributed by atoms with van der Waals surface area (Å²) in [4.78, 5) is 0. The second-order valence-corrected chi connectivity index (χ2v) is 8.33. The largest absolute Gasteiger partial charge is 0.396 e. The van der Waals surface area contributed by atoms with Crippen LogP contribution in [0.15, 0.2) is 24.3 Å². The Morgan fingerprint density at radius 1 is 1.29 bits per heavy atom. The van der Waals surface area contributed by atoms with Crippen molar-refractivity contribution in [3.8, 4) is 0 Å². The molecule has 21 heavy (non-hydrogen) atoms. The van der Waals surface area contributed by atoms with Gasteiger partial charge in [-0.1, -0.05) is 32.9 Å². The highest BCUT2D eigenvalue weighted by atomic mass is 32.2. The van der Waals surface area contributed by atoms with E-state index in [1.54, 1.807) is 6.07 Å². The predicted molar refractivity (Wildman–Crippen MR) is 81.8 cm³/mol. The molecule has 0 atom stereocenters. The molecule has 0 aromatic heterocycles. The Kier molecular flexibility index (Phi) is 6.31. The first-order valence-corrected chi connectivity index (χ1v) is 8.58. The summed E-state index contributed by atoms with van der Waals surface area (Å²) >= 11 is 0. The first kappa shape index (κ1) is 18.1. The van der Waals surface area contributed by atoms with Crippen LogP contribution in [-0.4, -0.2) is 37.5 Å². The van der Waals surface area contributed by atoms with E-state index in [4.69, 9.17) is 5.11 Å². The highest BCUT2D eigenvalue weighted by molar-refractivity contribution is 7.88. The second-order valence-electron chi connectivity index (χ2n) is 6.36. The van der Waals surface area contributed by atoms with Gasteiger partial charge in [0, 0.05) is 19.7 Å². The molecule has 1 aromatic carbocycles. The topological polar surface area (TPSA) is 57.6 Å². The lowest BCUT2D eigenvalue weighted by atomic mass is 9.97. The Hall–Kier alpha value is -0.980. The Labute approximate surface area is 126 Å². The summed E-state index contributed by atoms with van der Waals surface area (Å²) in [5, 5.41) is 8.93. The standard InChI is InChI=1S/C15H24FNO3S/c1-15(2,3)12-17(8-5-9-18)21(19,20)11-13-6-4-7-14(16)10-13/h4,6-7,10,18H,5,8-9,11-12H2,1-3H3. The summed E-state index contributed by atoms with van der Waals surface area (Å²) in [5.41, 5.74) is 0.239. The van der Waals surface area contributed by atoms with E-state index in [2.05, 4.69) is 0 Å². The number of rotatable bonds is 7. The molecule has 4 nitrogen and oxygen atoms in total. The van der Waals surface area contributed by atoms with E-state index in [0.717, 1.165) is 0 Å². The summed E-state index contributed by atoms with van der Waals surface area (Å²) in [6.45, 7) is 6.44. The maximum atomic E-state index is 13.2. The van der Waals surface area contributed by atoms with Crippen LogP contribution in [0.25, 0.3) is 0 Å². The highest BCUT2D eigenvalue weighted by Crippen LogP contribution is 2.20. The molecule has 0 aliphatic heterocycles. The molecule has 0 bridgehead atoms. The third-order valence-electron chi connectivity index (χ3n) is 2.85. The number of aliphatic hydroxyl groups is 1. The molecule has 1 aromatic rings. The van der Waals surface area contributed by atoms with Crippen molar-refractivity contribution in [2.24, 2.45) is 5.41 Å². The van der Waals surface area contributed by atoms with E-state index in [1.807, 2.05) is 20.8 Å². The van der Waals surface area contributed by atoms with Crippen LogP contribution in [0, 0.1) is 11.2 Å². The van der Waals surface area contributed by atoms with Crippen molar-refractivity contribution in [3.05, 3.63) is 35.6 Å². The molecule has 0 amide bonds. The predicted octanol–water partition coefficient (Wildman–Crippen LogP) is 2.39. The monoisotopic (exact) mass is 317 g/mol. The molecule has 120 valence electrons. The average molecular weight is 317 g/mol. The number of aliphatic hydroxyl groups excluding tert-OH is 1. The summed E-state index contributed by atoms with van der Waals surface area (Å²) in [5.74, 6) is -0.674. The van der Waals surface area contributed by atoms with E-state index in [9.17, 15) is 12.8 Å². The minimum absolute atomic E-state index is 0.0594. The zero-order valence-electron chi connectivity index (χ0n) is 12.8. The number of benzene rings is 1. The molecule has 0 unspecified atom stereocenters. The Bertz CT molecular complexity index is 552. The lowest BCUT2D eigenvalue weighted by Crippen LogP contribution is -2.39. The van der Waals surface area contributed by atoms with Crippen molar-refractivity contribution >= 4 is 10.0 Å². The van der Waals surface area contributed by atoms with E-state index in [1.165, 1.54) is 22.5 Å². The number of hydrogen-bond donors (Lipinski definition) is 1. The van der Waals surface area contributed by atoms with Crippen molar-refractivity contribution in [2.45, 2.75) is 32.9 Å². The fraction of sp³-hybridized carbons (Fsp3) is 0.600. The van der Waals surface area contributed by atoms with Gasteiger partial charge in [-0.25, -0.2) is 17.1 Å². The van der Waals surface area contributed by atoms with Gasteiger partial charge in [-0.05, 0) is 29.5 Å². The molecule has 0 heterocycles. The Morgan fingerprint density at radius 3 is 2.48 bits per heavy atom. The number of hydrogen-bond acceptors (Lipinski definition) is 3. The van der Waals surface area contributed by atoms with E-state index in [0.29, 0.717) is 18.5 Å². The number of sulfonamides is 1. The smallest absolute Gasteiger partial charge is 0.218 e. The minimum atomic E-state index is -3.54. The lowest BCUT2D eigenvalue weighted by molar-refractivity contribution is 0.240. The van der Waals surface area contributed by atoms with Crippen LogP contribution in [-0.2, 0) is 15.8 Å². The quantitative estimate of drug-likeness (QED) is 0.840. The van der Waals surface area contributed by atoms with Gasteiger partial charge in [-0.15, -0.1) is 0 Å². The molecule has 0 fully saturated rings. The molecule has 0 saturated heterocycles. The van der Waals surface area contributed by atoms with Crippen LogP contribution < -0.4 is 0 Å². The normalized spacial score (nSPS) is 12.9. The highest BCUT2D eigenvalue weighted by Gasteiger charge is 2.26. The molecular formula is C15H24FNO3S. The summed E-state index contributed by atoms with van der Waals surface area (Å²) in [7, 11) is -3.54. The van der Waals surface area contributed by atoms with Crippen LogP contribution in [0.3, 0.4) is 0 Å². The van der Waals surface area contributed by atoms with Gasteiger partial charge in [0.25, 0.3) is 0 Å². The van der Waals surface area contributed by atoms with Crippen molar-refractivity contribution in [1.29, 1.82) is 0 Å². The molecule has 0 spiro atoms. The second kappa shape index (κ2) is 7.33. The molecule has 1 rings (SSSR count). The van der Waals surface area contributed by atoms with Gasteiger partial charge in [-0.3, -0.25) is 0 Å². The number of nitrogens with zero attached hydrogens (tertiary/aromatic N) is 1.